The minimum atomic E-state index is -0.864. The lowest BCUT2D eigenvalue weighted by atomic mass is 10.2. The zero-order valence-corrected chi connectivity index (χ0v) is 7.83. The van der Waals surface area contributed by atoms with Crippen LogP contribution in [0.4, 0.5) is 0 Å². The lowest BCUT2D eigenvalue weighted by molar-refractivity contribution is -0.141. The molecule has 2 atom stereocenters. The number of methoxy groups -OCH3 is 1. The van der Waals surface area contributed by atoms with Gasteiger partial charge in [0.05, 0.1) is 6.61 Å². The maximum Gasteiger partial charge on any atom is 0.323 e. The molecule has 0 aromatic heterocycles. The molecule has 0 rings (SSSR count). The van der Waals surface area contributed by atoms with Crippen molar-refractivity contribution in [3.8, 4) is 0 Å². The molecular formula is C8H17NO3. The van der Waals surface area contributed by atoms with E-state index in [9.17, 15) is 4.79 Å². The normalized spacial score (nSPS) is 15.6. The van der Waals surface area contributed by atoms with Crippen molar-refractivity contribution in [1.82, 2.24) is 5.32 Å². The van der Waals surface area contributed by atoms with E-state index in [0.717, 1.165) is 6.42 Å². The van der Waals surface area contributed by atoms with Gasteiger partial charge in [-0.15, -0.1) is 0 Å². The minimum Gasteiger partial charge on any atom is -0.480 e. The van der Waals surface area contributed by atoms with Crippen LogP contribution in [0, 0.1) is 0 Å². The Bertz CT molecular complexity index is 138. The number of ether oxygens (including phenoxy) is 1. The van der Waals surface area contributed by atoms with Gasteiger partial charge in [-0.05, 0) is 13.3 Å². The van der Waals surface area contributed by atoms with Crippen LogP contribution in [0.2, 0.25) is 0 Å². The van der Waals surface area contributed by atoms with Gasteiger partial charge in [0.2, 0.25) is 0 Å². The fourth-order valence-electron chi connectivity index (χ4n) is 0.819. The lowest BCUT2D eigenvalue weighted by Gasteiger charge is -2.17. The van der Waals surface area contributed by atoms with Crippen molar-refractivity contribution in [3.63, 3.8) is 0 Å². The van der Waals surface area contributed by atoms with E-state index in [1.807, 2.05) is 13.8 Å². The predicted octanol–water partition coefficient (Wildman–Crippen LogP) is 0.474. The molecule has 0 aliphatic heterocycles. The Hall–Kier alpha value is -0.610. The van der Waals surface area contributed by atoms with Crippen molar-refractivity contribution in [2.75, 3.05) is 13.7 Å². The fraction of sp³-hybridized carbons (Fsp3) is 0.875. The first-order valence-corrected chi connectivity index (χ1v) is 4.09. The fourth-order valence-corrected chi connectivity index (χ4v) is 0.819. The second kappa shape index (κ2) is 5.97. The Kier molecular flexibility index (Phi) is 5.66. The van der Waals surface area contributed by atoms with E-state index in [2.05, 4.69) is 5.32 Å². The third kappa shape index (κ3) is 4.31. The smallest absolute Gasteiger partial charge is 0.323 e. The van der Waals surface area contributed by atoms with Crippen LogP contribution in [0.5, 0.6) is 0 Å². The van der Waals surface area contributed by atoms with Crippen molar-refractivity contribution in [1.29, 1.82) is 0 Å². The number of hydrogen-bond acceptors (Lipinski definition) is 3. The Morgan fingerprint density at radius 3 is 2.58 bits per heavy atom. The first-order valence-electron chi connectivity index (χ1n) is 4.09. The average Bonchev–Trinajstić information content (AvgIpc) is 2.03. The molecule has 4 nitrogen and oxygen atoms in total. The standard InChI is InChI=1S/C8H17NO3/c1-4-6(2)9-7(5-12-3)8(10)11/h6-7,9H,4-5H2,1-3H3,(H,10,11). The van der Waals surface area contributed by atoms with Crippen molar-refractivity contribution < 1.29 is 14.6 Å². The van der Waals surface area contributed by atoms with Crippen molar-refractivity contribution in [3.05, 3.63) is 0 Å². The van der Waals surface area contributed by atoms with Crippen LogP contribution >= 0.6 is 0 Å². The Balaban J connectivity index is 3.86. The number of hydrogen-bond donors (Lipinski definition) is 2. The molecule has 0 aromatic carbocycles. The summed E-state index contributed by atoms with van der Waals surface area (Å²) in [4.78, 5) is 10.6. The van der Waals surface area contributed by atoms with Gasteiger partial charge in [0.15, 0.2) is 0 Å². The highest BCUT2D eigenvalue weighted by Crippen LogP contribution is 1.93. The maximum atomic E-state index is 10.6. The predicted molar refractivity (Wildman–Crippen MR) is 46.2 cm³/mol. The third-order valence-electron chi connectivity index (χ3n) is 1.73. The van der Waals surface area contributed by atoms with Gasteiger partial charge < -0.3 is 9.84 Å². The van der Waals surface area contributed by atoms with Gasteiger partial charge in [0, 0.05) is 13.2 Å². The van der Waals surface area contributed by atoms with Gasteiger partial charge >= 0.3 is 5.97 Å². The van der Waals surface area contributed by atoms with Gasteiger partial charge in [-0.1, -0.05) is 6.92 Å². The molecule has 2 unspecified atom stereocenters. The summed E-state index contributed by atoms with van der Waals surface area (Å²) in [5.74, 6) is -0.864. The molecule has 0 saturated heterocycles. The van der Waals surface area contributed by atoms with Crippen LogP contribution in [-0.4, -0.2) is 36.9 Å². The molecule has 0 heterocycles. The van der Waals surface area contributed by atoms with Gasteiger partial charge in [0.1, 0.15) is 6.04 Å². The van der Waals surface area contributed by atoms with Crippen LogP contribution in [0.25, 0.3) is 0 Å². The summed E-state index contributed by atoms with van der Waals surface area (Å²) in [6, 6.07) is -0.383. The highest BCUT2D eigenvalue weighted by atomic mass is 16.5. The van der Waals surface area contributed by atoms with E-state index in [0.29, 0.717) is 0 Å². The lowest BCUT2D eigenvalue weighted by Crippen LogP contribution is -2.44. The topological polar surface area (TPSA) is 58.6 Å². The monoisotopic (exact) mass is 175 g/mol. The molecule has 0 fully saturated rings. The highest BCUT2D eigenvalue weighted by Gasteiger charge is 2.17. The summed E-state index contributed by atoms with van der Waals surface area (Å²) in [6.45, 7) is 4.16. The second-order valence-corrected chi connectivity index (χ2v) is 2.82. The van der Waals surface area contributed by atoms with Crippen LogP contribution in [-0.2, 0) is 9.53 Å². The molecule has 0 aliphatic carbocycles. The maximum absolute atomic E-state index is 10.6. The van der Waals surface area contributed by atoms with Gasteiger partial charge in [-0.3, -0.25) is 10.1 Å². The number of nitrogens with one attached hydrogen (secondary N) is 1. The number of aliphatic carboxylic acids is 1. The number of rotatable bonds is 6. The molecule has 0 aromatic rings. The van der Waals surface area contributed by atoms with E-state index < -0.39 is 12.0 Å². The van der Waals surface area contributed by atoms with E-state index in [-0.39, 0.29) is 12.6 Å². The molecule has 0 aliphatic rings. The van der Waals surface area contributed by atoms with Gasteiger partial charge in [-0.25, -0.2) is 0 Å². The van der Waals surface area contributed by atoms with Crippen molar-refractivity contribution in [2.45, 2.75) is 32.4 Å². The van der Waals surface area contributed by atoms with Crippen molar-refractivity contribution in [2.24, 2.45) is 0 Å². The molecule has 12 heavy (non-hydrogen) atoms. The van der Waals surface area contributed by atoms with E-state index in [4.69, 9.17) is 9.84 Å². The number of carbonyl (C=O) groups is 1. The van der Waals surface area contributed by atoms with Crippen LogP contribution < -0.4 is 5.32 Å². The molecule has 0 amide bonds. The highest BCUT2D eigenvalue weighted by molar-refractivity contribution is 5.73. The Morgan fingerprint density at radius 1 is 1.67 bits per heavy atom. The zero-order valence-electron chi connectivity index (χ0n) is 7.83. The Morgan fingerprint density at radius 2 is 2.25 bits per heavy atom. The average molecular weight is 175 g/mol. The Labute approximate surface area is 72.9 Å². The summed E-state index contributed by atoms with van der Waals surface area (Å²) < 4.78 is 4.77. The zero-order chi connectivity index (χ0) is 9.56. The molecule has 2 N–H and O–H groups in total. The van der Waals surface area contributed by atoms with Crippen molar-refractivity contribution >= 4 is 5.97 Å². The van der Waals surface area contributed by atoms with Gasteiger partial charge in [-0.2, -0.15) is 0 Å². The minimum absolute atomic E-state index is 0.208. The molecular weight excluding hydrogens is 158 g/mol. The molecule has 0 spiro atoms. The first-order chi connectivity index (χ1) is 5.61. The number of carboxylic acid groups (broad SMARTS) is 1. The first kappa shape index (κ1) is 11.4. The number of carboxylic acids is 1. The summed E-state index contributed by atoms with van der Waals surface area (Å²) >= 11 is 0. The second-order valence-electron chi connectivity index (χ2n) is 2.82. The largest absolute Gasteiger partial charge is 0.480 e. The SMILES string of the molecule is CCC(C)NC(COC)C(=O)O. The van der Waals surface area contributed by atoms with Gasteiger partial charge in [0.25, 0.3) is 0 Å². The molecule has 0 radical (unpaired) electrons. The molecule has 4 heteroatoms. The van der Waals surface area contributed by atoms with Crippen LogP contribution in [0.1, 0.15) is 20.3 Å². The van der Waals surface area contributed by atoms with Crippen LogP contribution in [0.15, 0.2) is 0 Å². The van der Waals surface area contributed by atoms with E-state index in [1.54, 1.807) is 0 Å². The molecule has 0 bridgehead atoms. The quantitative estimate of drug-likeness (QED) is 0.616. The summed E-state index contributed by atoms with van der Waals surface area (Å²) in [7, 11) is 1.49. The summed E-state index contributed by atoms with van der Waals surface area (Å²) in [5.41, 5.74) is 0. The van der Waals surface area contributed by atoms with Crippen LogP contribution in [0.3, 0.4) is 0 Å². The molecule has 0 saturated carbocycles. The molecule has 72 valence electrons. The van der Waals surface area contributed by atoms with E-state index in [1.165, 1.54) is 7.11 Å². The summed E-state index contributed by atoms with van der Waals surface area (Å²) in [6.07, 6.45) is 0.910. The van der Waals surface area contributed by atoms with E-state index >= 15 is 0 Å². The summed E-state index contributed by atoms with van der Waals surface area (Å²) in [5, 5.41) is 11.6. The third-order valence-corrected chi connectivity index (χ3v) is 1.73.